The van der Waals surface area contributed by atoms with Crippen LogP contribution in [0.25, 0.3) is 0 Å². The maximum absolute atomic E-state index is 11.9. The topological polar surface area (TPSA) is 39.2 Å². The number of carbonyl (C=O) groups excluding carboxylic acids is 1. The number of Topliss-reactive ketones (excluding diaryl/α,β-unsaturated/α-hetero) is 1. The fourth-order valence-electron chi connectivity index (χ4n) is 1.87. The Hall–Kier alpha value is -1.22. The molecule has 0 spiro atoms. The quantitative estimate of drug-likeness (QED) is 0.752. The largest absolute Gasteiger partial charge is 0.381 e. The number of nitrogens with zero attached hydrogens (tertiary/aromatic N) is 1. The van der Waals surface area contributed by atoms with Gasteiger partial charge in [-0.15, -0.1) is 0 Å². The van der Waals surface area contributed by atoms with Crippen molar-refractivity contribution in [3.63, 3.8) is 0 Å². The standard InChI is InChI=1S/C12H15NO2/c14-12(11-3-6-15-7-4-11)8-10-2-1-5-13-9-10/h1-2,5,9,11H,3-4,6-8H2. The van der Waals surface area contributed by atoms with Gasteiger partial charge in [0.2, 0.25) is 0 Å². The van der Waals surface area contributed by atoms with Crippen molar-refractivity contribution in [1.29, 1.82) is 0 Å². The summed E-state index contributed by atoms with van der Waals surface area (Å²) in [6.07, 6.45) is 5.75. The normalized spacial score (nSPS) is 17.6. The molecule has 1 saturated heterocycles. The van der Waals surface area contributed by atoms with Gasteiger partial charge < -0.3 is 4.74 Å². The van der Waals surface area contributed by atoms with Crippen molar-refractivity contribution in [1.82, 2.24) is 4.98 Å². The Morgan fingerprint density at radius 2 is 2.27 bits per heavy atom. The van der Waals surface area contributed by atoms with Gasteiger partial charge in [0.25, 0.3) is 0 Å². The lowest BCUT2D eigenvalue weighted by molar-refractivity contribution is -0.125. The summed E-state index contributed by atoms with van der Waals surface area (Å²) in [4.78, 5) is 15.9. The van der Waals surface area contributed by atoms with Crippen molar-refractivity contribution < 1.29 is 9.53 Å². The third kappa shape index (κ3) is 2.86. The Kier molecular flexibility index (Phi) is 3.45. The van der Waals surface area contributed by atoms with E-state index in [2.05, 4.69) is 4.98 Å². The molecule has 2 rings (SSSR count). The molecule has 3 heteroatoms. The highest BCUT2D eigenvalue weighted by molar-refractivity contribution is 5.83. The monoisotopic (exact) mass is 205 g/mol. The number of hydrogen-bond acceptors (Lipinski definition) is 3. The van der Waals surface area contributed by atoms with E-state index < -0.39 is 0 Å². The van der Waals surface area contributed by atoms with E-state index in [1.807, 2.05) is 12.1 Å². The van der Waals surface area contributed by atoms with E-state index in [4.69, 9.17) is 4.74 Å². The Labute approximate surface area is 89.5 Å². The van der Waals surface area contributed by atoms with Crippen molar-refractivity contribution in [3.8, 4) is 0 Å². The Morgan fingerprint density at radius 3 is 2.93 bits per heavy atom. The van der Waals surface area contributed by atoms with Gasteiger partial charge >= 0.3 is 0 Å². The molecule has 1 aliphatic rings. The second-order valence-corrected chi connectivity index (χ2v) is 3.89. The van der Waals surface area contributed by atoms with Gasteiger partial charge in [0.05, 0.1) is 0 Å². The number of pyridine rings is 1. The molecule has 2 heterocycles. The summed E-state index contributed by atoms with van der Waals surface area (Å²) < 4.78 is 5.24. The molecule has 1 aromatic rings. The smallest absolute Gasteiger partial charge is 0.140 e. The molecule has 3 nitrogen and oxygen atoms in total. The van der Waals surface area contributed by atoms with Crippen LogP contribution < -0.4 is 0 Å². The first-order valence-electron chi connectivity index (χ1n) is 5.35. The average Bonchev–Trinajstić information content (AvgIpc) is 2.31. The molecule has 0 atom stereocenters. The van der Waals surface area contributed by atoms with Crippen LogP contribution in [-0.4, -0.2) is 24.0 Å². The second-order valence-electron chi connectivity index (χ2n) is 3.89. The van der Waals surface area contributed by atoms with Crippen molar-refractivity contribution >= 4 is 5.78 Å². The van der Waals surface area contributed by atoms with Crippen LogP contribution in [0.3, 0.4) is 0 Å². The number of aromatic nitrogens is 1. The summed E-state index contributed by atoms with van der Waals surface area (Å²) in [5.74, 6) is 0.519. The van der Waals surface area contributed by atoms with Gasteiger partial charge in [0.15, 0.2) is 0 Å². The zero-order valence-electron chi connectivity index (χ0n) is 8.69. The summed E-state index contributed by atoms with van der Waals surface area (Å²) in [6, 6.07) is 3.82. The first kappa shape index (κ1) is 10.3. The van der Waals surface area contributed by atoms with Gasteiger partial charge in [-0.2, -0.15) is 0 Å². The van der Waals surface area contributed by atoms with Gasteiger partial charge in [-0.3, -0.25) is 9.78 Å². The zero-order valence-corrected chi connectivity index (χ0v) is 8.69. The molecule has 0 aliphatic carbocycles. The van der Waals surface area contributed by atoms with Crippen LogP contribution in [0, 0.1) is 5.92 Å². The lowest BCUT2D eigenvalue weighted by atomic mass is 9.92. The highest BCUT2D eigenvalue weighted by Gasteiger charge is 2.21. The number of hydrogen-bond donors (Lipinski definition) is 0. The fraction of sp³-hybridized carbons (Fsp3) is 0.500. The molecule has 0 radical (unpaired) electrons. The molecule has 0 aromatic carbocycles. The van der Waals surface area contributed by atoms with Crippen LogP contribution in [0.4, 0.5) is 0 Å². The third-order valence-electron chi connectivity index (χ3n) is 2.78. The summed E-state index contributed by atoms with van der Waals surface area (Å²) in [5, 5.41) is 0. The predicted molar refractivity (Wildman–Crippen MR) is 56.5 cm³/mol. The maximum Gasteiger partial charge on any atom is 0.140 e. The van der Waals surface area contributed by atoms with Crippen LogP contribution in [0.2, 0.25) is 0 Å². The molecule has 1 aromatic heterocycles. The van der Waals surface area contributed by atoms with E-state index in [-0.39, 0.29) is 5.92 Å². The Balaban J connectivity index is 1.91. The minimum absolute atomic E-state index is 0.193. The van der Waals surface area contributed by atoms with Crippen LogP contribution in [-0.2, 0) is 16.0 Å². The molecular formula is C12H15NO2. The van der Waals surface area contributed by atoms with Gasteiger partial charge in [0, 0.05) is 37.9 Å². The van der Waals surface area contributed by atoms with Crippen molar-refractivity contribution in [3.05, 3.63) is 30.1 Å². The molecular weight excluding hydrogens is 190 g/mol. The van der Waals surface area contributed by atoms with Gasteiger partial charge in [-0.1, -0.05) is 6.07 Å². The van der Waals surface area contributed by atoms with Crippen LogP contribution in [0.15, 0.2) is 24.5 Å². The number of rotatable bonds is 3. The van der Waals surface area contributed by atoms with Gasteiger partial charge in [-0.25, -0.2) is 0 Å². The predicted octanol–water partition coefficient (Wildman–Crippen LogP) is 1.62. The summed E-state index contributed by atoms with van der Waals surface area (Å²) in [6.45, 7) is 1.45. The summed E-state index contributed by atoms with van der Waals surface area (Å²) >= 11 is 0. The van der Waals surface area contributed by atoms with E-state index in [9.17, 15) is 4.79 Å². The lowest BCUT2D eigenvalue weighted by Gasteiger charge is -2.20. The molecule has 1 fully saturated rings. The zero-order chi connectivity index (χ0) is 10.5. The molecule has 1 aliphatic heterocycles. The molecule has 0 saturated carbocycles. The number of carbonyl (C=O) groups is 1. The molecule has 0 amide bonds. The molecule has 15 heavy (non-hydrogen) atoms. The van der Waals surface area contributed by atoms with Crippen LogP contribution >= 0.6 is 0 Å². The van der Waals surface area contributed by atoms with E-state index in [1.54, 1.807) is 12.4 Å². The van der Waals surface area contributed by atoms with Crippen LogP contribution in [0.1, 0.15) is 18.4 Å². The van der Waals surface area contributed by atoms with Crippen molar-refractivity contribution in [2.24, 2.45) is 5.92 Å². The molecule has 0 N–H and O–H groups in total. The minimum Gasteiger partial charge on any atom is -0.381 e. The summed E-state index contributed by atoms with van der Waals surface area (Å²) in [7, 11) is 0. The minimum atomic E-state index is 0.193. The molecule has 0 unspecified atom stereocenters. The highest BCUT2D eigenvalue weighted by atomic mass is 16.5. The van der Waals surface area contributed by atoms with Crippen molar-refractivity contribution in [2.45, 2.75) is 19.3 Å². The van der Waals surface area contributed by atoms with E-state index >= 15 is 0 Å². The first-order valence-corrected chi connectivity index (χ1v) is 5.35. The van der Waals surface area contributed by atoms with Crippen molar-refractivity contribution in [2.75, 3.05) is 13.2 Å². The fourth-order valence-corrected chi connectivity index (χ4v) is 1.87. The Bertz CT molecular complexity index is 318. The Morgan fingerprint density at radius 1 is 1.47 bits per heavy atom. The molecule has 0 bridgehead atoms. The first-order chi connectivity index (χ1) is 7.36. The summed E-state index contributed by atoms with van der Waals surface area (Å²) in [5.41, 5.74) is 1.01. The third-order valence-corrected chi connectivity index (χ3v) is 2.78. The number of ether oxygens (including phenoxy) is 1. The lowest BCUT2D eigenvalue weighted by Crippen LogP contribution is -2.24. The SMILES string of the molecule is O=C(Cc1cccnc1)C1CCOCC1. The number of ketones is 1. The maximum atomic E-state index is 11.9. The van der Waals surface area contributed by atoms with E-state index in [1.165, 1.54) is 0 Å². The molecule has 80 valence electrons. The van der Waals surface area contributed by atoms with Gasteiger partial charge in [0.1, 0.15) is 5.78 Å². The van der Waals surface area contributed by atoms with E-state index in [0.717, 1.165) is 31.6 Å². The average molecular weight is 205 g/mol. The van der Waals surface area contributed by atoms with Crippen LogP contribution in [0.5, 0.6) is 0 Å². The highest BCUT2D eigenvalue weighted by Crippen LogP contribution is 2.17. The second kappa shape index (κ2) is 5.03. The van der Waals surface area contributed by atoms with E-state index in [0.29, 0.717) is 12.2 Å². The van der Waals surface area contributed by atoms with Gasteiger partial charge in [-0.05, 0) is 24.5 Å².